The molecule has 2 aromatic rings. The number of benzene rings is 2. The molecule has 128 valence electrons. The number of para-hydroxylation sites is 1. The molecule has 4 heteroatoms. The maximum atomic E-state index is 12.3. The molecule has 2 aromatic carbocycles. The lowest BCUT2D eigenvalue weighted by atomic mass is 10.0. The van der Waals surface area contributed by atoms with Gasteiger partial charge >= 0.3 is 0 Å². The monoisotopic (exact) mass is 389 g/mol. The highest BCUT2D eigenvalue weighted by Crippen LogP contribution is 2.29. The van der Waals surface area contributed by atoms with Gasteiger partial charge in [0.25, 0.3) is 5.91 Å². The van der Waals surface area contributed by atoms with E-state index in [9.17, 15) is 4.79 Å². The Morgan fingerprint density at radius 3 is 2.38 bits per heavy atom. The number of rotatable bonds is 6. The van der Waals surface area contributed by atoms with Crippen molar-refractivity contribution in [3.8, 4) is 5.75 Å². The zero-order valence-corrected chi connectivity index (χ0v) is 16.2. The number of halogens is 1. The SMILES string of the molecule is CC(C)c1ccccc1NC(=O)COc1ccc(Br)cc1C(C)C. The van der Waals surface area contributed by atoms with E-state index in [2.05, 4.69) is 48.9 Å². The van der Waals surface area contributed by atoms with Gasteiger partial charge in [0, 0.05) is 10.2 Å². The van der Waals surface area contributed by atoms with Crippen molar-refractivity contribution < 1.29 is 9.53 Å². The Hall–Kier alpha value is -1.81. The number of ether oxygens (including phenoxy) is 1. The highest BCUT2D eigenvalue weighted by molar-refractivity contribution is 9.10. The molecule has 0 saturated carbocycles. The fourth-order valence-electron chi connectivity index (χ4n) is 2.55. The number of anilines is 1. The summed E-state index contributed by atoms with van der Waals surface area (Å²) in [6, 6.07) is 13.7. The maximum Gasteiger partial charge on any atom is 0.262 e. The summed E-state index contributed by atoms with van der Waals surface area (Å²) < 4.78 is 6.76. The van der Waals surface area contributed by atoms with Gasteiger partial charge in [-0.05, 0) is 47.2 Å². The highest BCUT2D eigenvalue weighted by Gasteiger charge is 2.12. The Kier molecular flexibility index (Phi) is 6.44. The molecule has 0 unspecified atom stereocenters. The Bertz CT molecular complexity index is 711. The first-order chi connectivity index (χ1) is 11.4. The standard InChI is InChI=1S/C20H24BrNO2/c1-13(2)16-7-5-6-8-18(16)22-20(23)12-24-19-10-9-15(21)11-17(19)14(3)4/h5-11,13-14H,12H2,1-4H3,(H,22,23). The average Bonchev–Trinajstić information content (AvgIpc) is 2.53. The number of hydrogen-bond donors (Lipinski definition) is 1. The van der Waals surface area contributed by atoms with E-state index in [0.717, 1.165) is 27.0 Å². The molecule has 2 rings (SSSR count). The van der Waals surface area contributed by atoms with Crippen molar-refractivity contribution in [3.05, 3.63) is 58.1 Å². The lowest BCUT2D eigenvalue weighted by molar-refractivity contribution is -0.118. The van der Waals surface area contributed by atoms with Crippen LogP contribution < -0.4 is 10.1 Å². The number of nitrogens with one attached hydrogen (secondary N) is 1. The van der Waals surface area contributed by atoms with E-state index in [-0.39, 0.29) is 12.5 Å². The van der Waals surface area contributed by atoms with Crippen LogP contribution in [-0.2, 0) is 4.79 Å². The number of carbonyl (C=O) groups excluding carboxylic acids is 1. The summed E-state index contributed by atoms with van der Waals surface area (Å²) in [5, 5.41) is 2.95. The Morgan fingerprint density at radius 1 is 1.04 bits per heavy atom. The van der Waals surface area contributed by atoms with E-state index in [1.807, 2.05) is 42.5 Å². The van der Waals surface area contributed by atoms with E-state index in [1.165, 1.54) is 0 Å². The van der Waals surface area contributed by atoms with Crippen LogP contribution in [0.3, 0.4) is 0 Å². The molecule has 3 nitrogen and oxygen atoms in total. The van der Waals surface area contributed by atoms with E-state index in [4.69, 9.17) is 4.74 Å². The Morgan fingerprint density at radius 2 is 1.71 bits per heavy atom. The third kappa shape index (κ3) is 4.84. The van der Waals surface area contributed by atoms with Crippen molar-refractivity contribution in [3.63, 3.8) is 0 Å². The first-order valence-corrected chi connectivity index (χ1v) is 8.98. The number of carbonyl (C=O) groups is 1. The predicted octanol–water partition coefficient (Wildman–Crippen LogP) is 5.71. The summed E-state index contributed by atoms with van der Waals surface area (Å²) in [4.78, 5) is 12.3. The average molecular weight is 390 g/mol. The predicted molar refractivity (Wildman–Crippen MR) is 103 cm³/mol. The van der Waals surface area contributed by atoms with Gasteiger partial charge in [-0.3, -0.25) is 4.79 Å². The van der Waals surface area contributed by atoms with Crippen LogP contribution in [0.2, 0.25) is 0 Å². The first-order valence-electron chi connectivity index (χ1n) is 8.19. The van der Waals surface area contributed by atoms with Gasteiger partial charge in [-0.2, -0.15) is 0 Å². The molecular formula is C20H24BrNO2. The van der Waals surface area contributed by atoms with E-state index >= 15 is 0 Å². The normalized spacial score (nSPS) is 11.0. The first kappa shape index (κ1) is 18.5. The molecule has 0 aromatic heterocycles. The van der Waals surface area contributed by atoms with Gasteiger partial charge in [-0.15, -0.1) is 0 Å². The summed E-state index contributed by atoms with van der Waals surface area (Å²) in [5.74, 6) is 1.27. The Labute approximate surface area is 152 Å². The topological polar surface area (TPSA) is 38.3 Å². The van der Waals surface area contributed by atoms with Crippen LogP contribution in [0, 0.1) is 0 Å². The van der Waals surface area contributed by atoms with Gasteiger partial charge in [0.05, 0.1) is 0 Å². The van der Waals surface area contributed by atoms with Crippen LogP contribution in [0.5, 0.6) is 5.75 Å². The minimum absolute atomic E-state index is 0.00617. The molecule has 1 amide bonds. The second-order valence-corrected chi connectivity index (χ2v) is 7.33. The summed E-state index contributed by atoms with van der Waals surface area (Å²) >= 11 is 3.48. The lowest BCUT2D eigenvalue weighted by Crippen LogP contribution is -2.21. The van der Waals surface area contributed by atoms with Gasteiger partial charge in [-0.25, -0.2) is 0 Å². The number of hydrogen-bond acceptors (Lipinski definition) is 2. The van der Waals surface area contributed by atoms with Crippen molar-refractivity contribution >= 4 is 27.5 Å². The molecule has 0 radical (unpaired) electrons. The molecule has 24 heavy (non-hydrogen) atoms. The van der Waals surface area contributed by atoms with Crippen molar-refractivity contribution in [1.82, 2.24) is 0 Å². The third-order valence-corrected chi connectivity index (χ3v) is 4.30. The van der Waals surface area contributed by atoms with Crippen LogP contribution in [0.15, 0.2) is 46.9 Å². The molecule has 0 aliphatic carbocycles. The number of amides is 1. The second kappa shape index (κ2) is 8.34. The van der Waals surface area contributed by atoms with Crippen LogP contribution in [0.25, 0.3) is 0 Å². The van der Waals surface area contributed by atoms with Crippen molar-refractivity contribution in [2.24, 2.45) is 0 Å². The Balaban J connectivity index is 2.05. The quantitative estimate of drug-likeness (QED) is 0.686. The molecule has 0 aliphatic heterocycles. The molecule has 0 saturated heterocycles. The van der Waals surface area contributed by atoms with Gasteiger partial charge in [0.15, 0.2) is 6.61 Å². The van der Waals surface area contributed by atoms with E-state index < -0.39 is 0 Å². The van der Waals surface area contributed by atoms with Gasteiger partial charge < -0.3 is 10.1 Å². The van der Waals surface area contributed by atoms with Crippen molar-refractivity contribution in [2.45, 2.75) is 39.5 Å². The zero-order valence-electron chi connectivity index (χ0n) is 14.6. The smallest absolute Gasteiger partial charge is 0.262 e. The molecule has 0 spiro atoms. The molecule has 0 fully saturated rings. The summed E-state index contributed by atoms with van der Waals surface area (Å²) in [7, 11) is 0. The highest BCUT2D eigenvalue weighted by atomic mass is 79.9. The van der Waals surface area contributed by atoms with Crippen LogP contribution in [0.1, 0.15) is 50.7 Å². The summed E-state index contributed by atoms with van der Waals surface area (Å²) in [6.07, 6.45) is 0. The van der Waals surface area contributed by atoms with Crippen LogP contribution in [-0.4, -0.2) is 12.5 Å². The molecule has 0 heterocycles. The minimum atomic E-state index is -0.152. The maximum absolute atomic E-state index is 12.3. The van der Waals surface area contributed by atoms with Crippen molar-refractivity contribution in [1.29, 1.82) is 0 Å². The van der Waals surface area contributed by atoms with Gasteiger partial charge in [0.1, 0.15) is 5.75 Å². The lowest BCUT2D eigenvalue weighted by Gasteiger charge is -2.16. The molecule has 1 N–H and O–H groups in total. The summed E-state index contributed by atoms with van der Waals surface area (Å²) in [5.41, 5.74) is 3.05. The zero-order chi connectivity index (χ0) is 17.7. The molecule has 0 bridgehead atoms. The molecule has 0 aliphatic rings. The minimum Gasteiger partial charge on any atom is -0.483 e. The molecule has 0 atom stereocenters. The molecular weight excluding hydrogens is 366 g/mol. The van der Waals surface area contributed by atoms with Gasteiger partial charge in [0.2, 0.25) is 0 Å². The van der Waals surface area contributed by atoms with Gasteiger partial charge in [-0.1, -0.05) is 61.8 Å². The fourth-order valence-corrected chi connectivity index (χ4v) is 2.92. The van der Waals surface area contributed by atoms with Crippen molar-refractivity contribution in [2.75, 3.05) is 11.9 Å². The largest absolute Gasteiger partial charge is 0.483 e. The van der Waals surface area contributed by atoms with Crippen LogP contribution >= 0.6 is 15.9 Å². The van der Waals surface area contributed by atoms with E-state index in [0.29, 0.717) is 11.8 Å². The third-order valence-electron chi connectivity index (χ3n) is 3.81. The van der Waals surface area contributed by atoms with E-state index in [1.54, 1.807) is 0 Å². The van der Waals surface area contributed by atoms with Crippen LogP contribution in [0.4, 0.5) is 5.69 Å². The second-order valence-electron chi connectivity index (χ2n) is 6.42. The fraction of sp³-hybridized carbons (Fsp3) is 0.350. The summed E-state index contributed by atoms with van der Waals surface area (Å²) in [6.45, 7) is 8.42.